The summed E-state index contributed by atoms with van der Waals surface area (Å²) in [5.74, 6) is 0.828. The number of nitrogens with one attached hydrogen (secondary N) is 1. The van der Waals surface area contributed by atoms with Gasteiger partial charge in [0.2, 0.25) is 0 Å². The van der Waals surface area contributed by atoms with Crippen molar-refractivity contribution in [2.45, 2.75) is 57.9 Å². The molecule has 0 aromatic rings. The van der Waals surface area contributed by atoms with E-state index in [1.807, 2.05) is 0 Å². The summed E-state index contributed by atoms with van der Waals surface area (Å²) in [6.45, 7) is 2.14. The highest BCUT2D eigenvalue weighted by Crippen LogP contribution is 2.22. The molecule has 1 rings (SSSR count). The molecule has 0 saturated heterocycles. The Morgan fingerprint density at radius 3 is 2.46 bits per heavy atom. The van der Waals surface area contributed by atoms with Crippen LogP contribution in [0, 0.1) is 5.41 Å². The van der Waals surface area contributed by atoms with E-state index in [0.29, 0.717) is 6.04 Å². The Morgan fingerprint density at radius 1 is 1.31 bits per heavy atom. The van der Waals surface area contributed by atoms with E-state index < -0.39 is 0 Å². The number of hydrogen-bond acceptors (Lipinski definition) is 1. The van der Waals surface area contributed by atoms with Crippen molar-refractivity contribution >= 4 is 5.84 Å². The highest BCUT2D eigenvalue weighted by Gasteiger charge is 2.19. The molecule has 13 heavy (non-hydrogen) atoms. The van der Waals surface area contributed by atoms with Crippen molar-refractivity contribution < 1.29 is 0 Å². The summed E-state index contributed by atoms with van der Waals surface area (Å²) in [7, 11) is 2.09. The van der Waals surface area contributed by atoms with Gasteiger partial charge in [-0.2, -0.15) is 0 Å². The van der Waals surface area contributed by atoms with Crippen LogP contribution in [0.1, 0.15) is 51.9 Å². The van der Waals surface area contributed by atoms with Crippen LogP contribution in [0.3, 0.4) is 0 Å². The second-order valence-electron chi connectivity index (χ2n) is 4.10. The quantitative estimate of drug-likeness (QED) is 0.527. The van der Waals surface area contributed by atoms with Crippen LogP contribution >= 0.6 is 0 Å². The molecule has 0 bridgehead atoms. The second-order valence-corrected chi connectivity index (χ2v) is 4.10. The fourth-order valence-electron chi connectivity index (χ4n) is 2.10. The Morgan fingerprint density at radius 2 is 1.92 bits per heavy atom. The van der Waals surface area contributed by atoms with Gasteiger partial charge in [-0.05, 0) is 19.3 Å². The van der Waals surface area contributed by atoms with E-state index in [0.717, 1.165) is 18.7 Å². The van der Waals surface area contributed by atoms with Gasteiger partial charge in [0.25, 0.3) is 0 Å². The molecule has 76 valence electrons. The number of nitrogens with zero attached hydrogens (tertiary/aromatic N) is 1. The summed E-state index contributed by atoms with van der Waals surface area (Å²) >= 11 is 0. The third-order valence-electron chi connectivity index (χ3n) is 3.03. The van der Waals surface area contributed by atoms with Crippen LogP contribution in [0.15, 0.2) is 0 Å². The lowest BCUT2D eigenvalue weighted by Crippen LogP contribution is -2.37. The van der Waals surface area contributed by atoms with Gasteiger partial charge in [0.05, 0.1) is 5.84 Å². The molecule has 0 aromatic carbocycles. The molecule has 1 saturated carbocycles. The monoisotopic (exact) mass is 182 g/mol. The van der Waals surface area contributed by atoms with Crippen molar-refractivity contribution in [2.75, 3.05) is 7.05 Å². The summed E-state index contributed by atoms with van der Waals surface area (Å²) in [5.41, 5.74) is 0. The molecular formula is C11H22N2. The maximum Gasteiger partial charge on any atom is 0.0957 e. The Balaban J connectivity index is 2.35. The Labute approximate surface area is 81.8 Å². The van der Waals surface area contributed by atoms with Gasteiger partial charge in [-0.1, -0.05) is 26.2 Å². The zero-order chi connectivity index (χ0) is 9.68. The lowest BCUT2D eigenvalue weighted by atomic mass is 9.94. The molecule has 0 aliphatic heterocycles. The highest BCUT2D eigenvalue weighted by atomic mass is 15.2. The number of amidine groups is 1. The molecule has 0 heterocycles. The maximum absolute atomic E-state index is 7.86. The van der Waals surface area contributed by atoms with Crippen molar-refractivity contribution in [1.82, 2.24) is 4.90 Å². The van der Waals surface area contributed by atoms with Crippen LogP contribution in [0.5, 0.6) is 0 Å². The van der Waals surface area contributed by atoms with E-state index in [1.54, 1.807) is 0 Å². The van der Waals surface area contributed by atoms with Crippen LogP contribution in [-0.2, 0) is 0 Å². The molecule has 2 nitrogen and oxygen atoms in total. The van der Waals surface area contributed by atoms with Crippen molar-refractivity contribution in [2.24, 2.45) is 0 Å². The summed E-state index contributed by atoms with van der Waals surface area (Å²) in [5, 5.41) is 7.86. The lowest BCUT2D eigenvalue weighted by Gasteiger charge is -2.33. The molecule has 0 spiro atoms. The third-order valence-corrected chi connectivity index (χ3v) is 3.03. The van der Waals surface area contributed by atoms with Crippen LogP contribution < -0.4 is 0 Å². The largest absolute Gasteiger partial charge is 0.361 e. The van der Waals surface area contributed by atoms with E-state index in [-0.39, 0.29) is 0 Å². The minimum Gasteiger partial charge on any atom is -0.361 e. The zero-order valence-electron chi connectivity index (χ0n) is 8.97. The van der Waals surface area contributed by atoms with Crippen molar-refractivity contribution in [3.05, 3.63) is 0 Å². The van der Waals surface area contributed by atoms with Crippen LogP contribution in [0.2, 0.25) is 0 Å². The molecule has 0 radical (unpaired) electrons. The standard InChI is InChI=1S/C11H22N2/c1-3-7-11(12)13(2)10-8-5-4-6-9-10/h10,12H,3-9H2,1-2H3. The van der Waals surface area contributed by atoms with Crippen LogP contribution in [-0.4, -0.2) is 23.8 Å². The maximum atomic E-state index is 7.86. The smallest absolute Gasteiger partial charge is 0.0957 e. The van der Waals surface area contributed by atoms with E-state index >= 15 is 0 Å². The molecule has 1 aliphatic carbocycles. The van der Waals surface area contributed by atoms with Gasteiger partial charge >= 0.3 is 0 Å². The summed E-state index contributed by atoms with van der Waals surface area (Å²) < 4.78 is 0. The average molecular weight is 182 g/mol. The first kappa shape index (κ1) is 10.6. The van der Waals surface area contributed by atoms with Gasteiger partial charge in [0.1, 0.15) is 0 Å². The van der Waals surface area contributed by atoms with Gasteiger partial charge in [-0.15, -0.1) is 0 Å². The van der Waals surface area contributed by atoms with E-state index in [4.69, 9.17) is 5.41 Å². The van der Waals surface area contributed by atoms with Gasteiger partial charge in [-0.3, -0.25) is 5.41 Å². The Bertz CT molecular complexity index is 159. The van der Waals surface area contributed by atoms with E-state index in [2.05, 4.69) is 18.9 Å². The van der Waals surface area contributed by atoms with Crippen molar-refractivity contribution in [1.29, 1.82) is 5.41 Å². The van der Waals surface area contributed by atoms with Crippen LogP contribution in [0.25, 0.3) is 0 Å². The molecule has 1 fully saturated rings. The van der Waals surface area contributed by atoms with Gasteiger partial charge < -0.3 is 4.90 Å². The van der Waals surface area contributed by atoms with Crippen molar-refractivity contribution in [3.63, 3.8) is 0 Å². The first-order chi connectivity index (χ1) is 6.25. The molecule has 1 aliphatic rings. The zero-order valence-corrected chi connectivity index (χ0v) is 8.97. The molecule has 0 amide bonds. The first-order valence-electron chi connectivity index (χ1n) is 5.56. The minimum atomic E-state index is 0.660. The topological polar surface area (TPSA) is 27.1 Å². The second kappa shape index (κ2) is 5.25. The fourth-order valence-corrected chi connectivity index (χ4v) is 2.10. The number of hydrogen-bond donors (Lipinski definition) is 1. The van der Waals surface area contributed by atoms with Crippen molar-refractivity contribution in [3.8, 4) is 0 Å². The average Bonchev–Trinajstić information content (AvgIpc) is 2.18. The van der Waals surface area contributed by atoms with Gasteiger partial charge in [0, 0.05) is 19.5 Å². The first-order valence-corrected chi connectivity index (χ1v) is 5.56. The molecule has 0 unspecified atom stereocenters. The van der Waals surface area contributed by atoms with E-state index in [9.17, 15) is 0 Å². The molecule has 2 heteroatoms. The summed E-state index contributed by atoms with van der Waals surface area (Å²) in [6.07, 6.45) is 8.72. The predicted molar refractivity (Wildman–Crippen MR) is 57.3 cm³/mol. The molecule has 0 aromatic heterocycles. The third kappa shape index (κ3) is 3.02. The Hall–Kier alpha value is -0.530. The lowest BCUT2D eigenvalue weighted by molar-refractivity contribution is 0.273. The molecular weight excluding hydrogens is 160 g/mol. The van der Waals surface area contributed by atoms with Gasteiger partial charge in [-0.25, -0.2) is 0 Å². The SMILES string of the molecule is CCCC(=N)N(C)C1CCCCC1. The Kier molecular flexibility index (Phi) is 4.26. The van der Waals surface area contributed by atoms with E-state index in [1.165, 1.54) is 32.1 Å². The normalized spacial score (nSPS) is 18.6. The summed E-state index contributed by atoms with van der Waals surface area (Å²) in [4.78, 5) is 2.20. The summed E-state index contributed by atoms with van der Waals surface area (Å²) in [6, 6.07) is 0.660. The van der Waals surface area contributed by atoms with Crippen LogP contribution in [0.4, 0.5) is 0 Å². The fraction of sp³-hybridized carbons (Fsp3) is 0.909. The highest BCUT2D eigenvalue weighted by molar-refractivity contribution is 5.79. The number of rotatable bonds is 3. The van der Waals surface area contributed by atoms with Gasteiger partial charge in [0.15, 0.2) is 0 Å². The predicted octanol–water partition coefficient (Wildman–Crippen LogP) is 3.03. The minimum absolute atomic E-state index is 0.660. The molecule has 0 atom stereocenters. The molecule has 1 N–H and O–H groups in total.